The normalized spacial score (nSPS) is 16.8. The van der Waals surface area contributed by atoms with Crippen LogP contribution in [0.25, 0.3) is 11.0 Å². The summed E-state index contributed by atoms with van der Waals surface area (Å²) in [6.45, 7) is 0.427. The lowest BCUT2D eigenvalue weighted by Crippen LogP contribution is -2.48. The molecule has 0 saturated heterocycles. The number of aromatic nitrogens is 3. The first-order valence-corrected chi connectivity index (χ1v) is 14.3. The van der Waals surface area contributed by atoms with E-state index < -0.39 is 16.1 Å². The minimum Gasteiger partial charge on any atom is -0.496 e. The van der Waals surface area contributed by atoms with Crippen molar-refractivity contribution in [1.29, 1.82) is 0 Å². The van der Waals surface area contributed by atoms with E-state index in [1.165, 1.54) is 10.3 Å². The highest BCUT2D eigenvalue weighted by molar-refractivity contribution is 7.90. The van der Waals surface area contributed by atoms with E-state index in [2.05, 4.69) is 15.3 Å². The predicted octanol–water partition coefficient (Wildman–Crippen LogP) is 2.73. The smallest absolute Gasteiger partial charge is 0.269 e. The van der Waals surface area contributed by atoms with E-state index in [4.69, 9.17) is 4.74 Å². The number of nitrogens with zero attached hydrogens (tertiary/aromatic N) is 5. The van der Waals surface area contributed by atoms with Gasteiger partial charge in [-0.3, -0.25) is 9.69 Å². The van der Waals surface area contributed by atoms with Gasteiger partial charge in [0.2, 0.25) is 5.91 Å². The Kier molecular flexibility index (Phi) is 9.22. The number of carbonyl (C=O) groups is 1. The van der Waals surface area contributed by atoms with Gasteiger partial charge in [0.15, 0.2) is 5.65 Å². The molecule has 0 spiro atoms. The molecule has 0 fully saturated rings. The van der Waals surface area contributed by atoms with Gasteiger partial charge in [-0.1, -0.05) is 18.2 Å². The number of nitrogens with one attached hydrogen (secondary N) is 1. The molecule has 3 heterocycles. The first kappa shape index (κ1) is 30.3. The third-order valence-electron chi connectivity index (χ3n) is 7.20. The van der Waals surface area contributed by atoms with Gasteiger partial charge in [-0.15, -0.1) is 0 Å². The molecule has 1 atom stereocenters. The Morgan fingerprint density at radius 3 is 2.56 bits per heavy atom. The number of benzene rings is 2. The summed E-state index contributed by atoms with van der Waals surface area (Å²) in [5.41, 5.74) is 2.50. The van der Waals surface area contributed by atoms with E-state index in [0.29, 0.717) is 48.6 Å². The molecule has 4 aromatic rings. The summed E-state index contributed by atoms with van der Waals surface area (Å²) < 4.78 is 34.1. The molecule has 2 N–H and O–H groups in total. The number of ether oxygens (including phenoxy) is 1. The number of carbonyl (C=O) groups excluding carboxylic acids is 1. The van der Waals surface area contributed by atoms with Crippen LogP contribution in [0.1, 0.15) is 17.5 Å². The SMILES string of the molecule is COc1ccc2cc1CN(C)C(CO)C(=O)N(C)CCCc1cn(S(=O)(=O)c3ccccc3)c3ncnc(c13)N2.S. The van der Waals surface area contributed by atoms with Gasteiger partial charge in [0.25, 0.3) is 10.0 Å². The predicted molar refractivity (Wildman–Crippen MR) is 162 cm³/mol. The number of hydrogen-bond donors (Lipinski definition) is 2. The van der Waals surface area contributed by atoms with Crippen molar-refractivity contribution in [2.24, 2.45) is 0 Å². The maximum Gasteiger partial charge on any atom is 0.269 e. The Hall–Kier alpha value is -3.65. The van der Waals surface area contributed by atoms with Crippen molar-refractivity contribution in [3.8, 4) is 5.75 Å². The molecule has 0 aliphatic carbocycles. The Morgan fingerprint density at radius 2 is 1.85 bits per heavy atom. The van der Waals surface area contributed by atoms with Gasteiger partial charge >= 0.3 is 0 Å². The number of fused-ring (bicyclic) bond motifs is 2. The van der Waals surface area contributed by atoms with E-state index >= 15 is 0 Å². The Labute approximate surface area is 246 Å². The molecule has 11 nitrogen and oxygen atoms in total. The number of aliphatic hydroxyl groups is 1. The molecular formula is C28H34N6O5S2. The molecule has 1 aliphatic heterocycles. The van der Waals surface area contributed by atoms with Crippen LogP contribution in [-0.4, -0.2) is 83.6 Å². The largest absolute Gasteiger partial charge is 0.496 e. The van der Waals surface area contributed by atoms with Gasteiger partial charge in [-0.25, -0.2) is 22.4 Å². The number of rotatable bonds is 4. The van der Waals surface area contributed by atoms with E-state index in [9.17, 15) is 18.3 Å². The van der Waals surface area contributed by atoms with Crippen LogP contribution in [0.4, 0.5) is 11.5 Å². The third kappa shape index (κ3) is 5.89. The molecule has 218 valence electrons. The standard InChI is InChI=1S/C28H32N6O5S.H2S/c1-32-13-7-8-19-16-34(40(37,38)22-9-5-4-6-10-22)27-25(19)26(29-18-30-27)31-21-11-12-24(39-3)20(14-21)15-33(2)23(17-35)28(32)36;/h4-6,9-12,14,16,18,23,35H,7-8,13,15,17H2,1-3H3,(H,29,30,31);1H2. The summed E-state index contributed by atoms with van der Waals surface area (Å²) in [4.78, 5) is 25.7. The maximum absolute atomic E-state index is 13.7. The van der Waals surface area contributed by atoms with Gasteiger partial charge in [-0.2, -0.15) is 13.5 Å². The highest BCUT2D eigenvalue weighted by atomic mass is 32.2. The molecule has 0 radical (unpaired) electrons. The fourth-order valence-corrected chi connectivity index (χ4v) is 6.41. The second kappa shape index (κ2) is 12.5. The average molecular weight is 599 g/mol. The number of methoxy groups -OCH3 is 1. The lowest BCUT2D eigenvalue weighted by molar-refractivity contribution is -0.136. The molecule has 2 bridgehead atoms. The van der Waals surface area contributed by atoms with Crippen LogP contribution in [0.2, 0.25) is 0 Å². The van der Waals surface area contributed by atoms with Gasteiger partial charge in [0, 0.05) is 37.6 Å². The topological polar surface area (TPSA) is 130 Å². The second-order valence-electron chi connectivity index (χ2n) is 9.82. The van der Waals surface area contributed by atoms with Crippen LogP contribution in [0.5, 0.6) is 5.75 Å². The number of hydrogen-bond acceptors (Lipinski definition) is 9. The van der Waals surface area contributed by atoms with Crippen molar-refractivity contribution >= 4 is 52.0 Å². The lowest BCUT2D eigenvalue weighted by Gasteiger charge is -2.30. The molecular weight excluding hydrogens is 564 g/mol. The lowest BCUT2D eigenvalue weighted by atomic mass is 10.1. The number of aryl methyl sites for hydroxylation is 1. The van der Waals surface area contributed by atoms with Gasteiger partial charge < -0.3 is 20.1 Å². The van der Waals surface area contributed by atoms with E-state index in [-0.39, 0.29) is 36.6 Å². The Morgan fingerprint density at radius 1 is 1.10 bits per heavy atom. The van der Waals surface area contributed by atoms with Gasteiger partial charge in [-0.05, 0) is 55.8 Å². The minimum absolute atomic E-state index is 0. The van der Waals surface area contributed by atoms with E-state index in [0.717, 1.165) is 11.1 Å². The number of anilines is 2. The van der Waals surface area contributed by atoms with Crippen LogP contribution in [0.3, 0.4) is 0 Å². The van der Waals surface area contributed by atoms with Crippen LogP contribution < -0.4 is 10.1 Å². The molecule has 2 aromatic heterocycles. The molecule has 1 amide bonds. The summed E-state index contributed by atoms with van der Waals surface area (Å²) in [7, 11) is 1.14. The van der Waals surface area contributed by atoms with Crippen molar-refractivity contribution in [2.75, 3.05) is 39.7 Å². The minimum atomic E-state index is -3.93. The van der Waals surface area contributed by atoms with Crippen LogP contribution in [-0.2, 0) is 27.8 Å². The van der Waals surface area contributed by atoms with E-state index in [1.54, 1.807) is 67.5 Å². The van der Waals surface area contributed by atoms with Crippen molar-refractivity contribution in [2.45, 2.75) is 30.3 Å². The summed E-state index contributed by atoms with van der Waals surface area (Å²) in [5.74, 6) is 0.901. The average Bonchev–Trinajstić information content (AvgIpc) is 3.34. The molecule has 5 rings (SSSR count). The Bertz CT molecular complexity index is 1640. The zero-order valence-corrected chi connectivity index (χ0v) is 24.9. The summed E-state index contributed by atoms with van der Waals surface area (Å²) in [6.07, 6.45) is 3.97. The maximum atomic E-state index is 13.7. The summed E-state index contributed by atoms with van der Waals surface area (Å²) >= 11 is 0. The first-order valence-electron chi connectivity index (χ1n) is 12.9. The fourth-order valence-electron chi connectivity index (χ4n) is 5.05. The first-order chi connectivity index (χ1) is 19.2. The number of amides is 1. The van der Waals surface area contributed by atoms with Crippen LogP contribution >= 0.6 is 13.5 Å². The molecule has 1 aliphatic rings. The molecule has 41 heavy (non-hydrogen) atoms. The zero-order chi connectivity index (χ0) is 28.4. The fraction of sp³-hybridized carbons (Fsp3) is 0.321. The van der Waals surface area contributed by atoms with E-state index in [1.807, 2.05) is 18.2 Å². The van der Waals surface area contributed by atoms with Crippen LogP contribution in [0.15, 0.2) is 66.0 Å². The van der Waals surface area contributed by atoms with Gasteiger partial charge in [0.1, 0.15) is 23.9 Å². The van der Waals surface area contributed by atoms with Crippen molar-refractivity contribution < 1.29 is 23.1 Å². The molecule has 0 saturated carbocycles. The number of likely N-dealkylation sites (N-methyl/N-ethyl adjacent to an activating group) is 2. The quantitative estimate of drug-likeness (QED) is 0.364. The van der Waals surface area contributed by atoms with Crippen molar-refractivity contribution in [3.05, 3.63) is 72.2 Å². The van der Waals surface area contributed by atoms with Crippen molar-refractivity contribution in [1.82, 2.24) is 23.7 Å². The molecule has 2 aromatic carbocycles. The van der Waals surface area contributed by atoms with Crippen molar-refractivity contribution in [3.63, 3.8) is 0 Å². The van der Waals surface area contributed by atoms with Crippen LogP contribution in [0, 0.1) is 0 Å². The molecule has 1 unspecified atom stereocenters. The third-order valence-corrected chi connectivity index (χ3v) is 8.86. The monoisotopic (exact) mass is 598 g/mol. The summed E-state index contributed by atoms with van der Waals surface area (Å²) in [6, 6.07) is 13.0. The Balaban J connectivity index is 0.00000387. The second-order valence-corrected chi connectivity index (χ2v) is 11.6. The number of aliphatic hydroxyl groups excluding tert-OH is 1. The highest BCUT2D eigenvalue weighted by Gasteiger charge is 2.28. The van der Waals surface area contributed by atoms with Gasteiger partial charge in [0.05, 0.1) is 24.0 Å². The molecule has 13 heteroatoms. The zero-order valence-electron chi connectivity index (χ0n) is 23.1. The highest BCUT2D eigenvalue weighted by Crippen LogP contribution is 2.33. The summed E-state index contributed by atoms with van der Waals surface area (Å²) in [5, 5.41) is 14.0.